The molecule has 0 N–H and O–H groups in total. The molecule has 0 bridgehead atoms. The number of piperazine rings is 2. The van der Waals surface area contributed by atoms with Crippen molar-refractivity contribution in [1.29, 1.82) is 0 Å². The maximum Gasteiger partial charge on any atom is 0.265 e. The Morgan fingerprint density at radius 2 is 0.963 bits per heavy atom. The summed E-state index contributed by atoms with van der Waals surface area (Å²) in [6.07, 6.45) is 3.37. The summed E-state index contributed by atoms with van der Waals surface area (Å²) in [6.45, 7) is 12.5. The van der Waals surface area contributed by atoms with Crippen LogP contribution in [0.2, 0.25) is 0 Å². The molecule has 0 spiro atoms. The van der Waals surface area contributed by atoms with Crippen LogP contribution in [0.3, 0.4) is 0 Å². The van der Waals surface area contributed by atoms with Crippen LogP contribution in [0, 0.1) is 0 Å². The fraction of sp³-hybridized carbons (Fsp3) is 0.474. The van der Waals surface area contributed by atoms with E-state index in [0.717, 1.165) is 85.6 Å². The zero-order valence-corrected chi connectivity index (χ0v) is 33.3. The van der Waals surface area contributed by atoms with Gasteiger partial charge >= 0.3 is 0 Å². The van der Waals surface area contributed by atoms with Crippen LogP contribution in [0.1, 0.15) is 56.4 Å². The van der Waals surface area contributed by atoms with Gasteiger partial charge in [-0.1, -0.05) is 34.8 Å². The molecule has 4 aliphatic heterocycles. The first-order valence-corrected chi connectivity index (χ1v) is 19.8. The molecule has 2 aromatic heterocycles. The Balaban J connectivity index is 0.000000167. The van der Waals surface area contributed by atoms with Crippen molar-refractivity contribution in [2.75, 3.05) is 104 Å². The van der Waals surface area contributed by atoms with Crippen LogP contribution in [0.4, 0.5) is 10.3 Å². The van der Waals surface area contributed by atoms with Gasteiger partial charge in [0.2, 0.25) is 13.6 Å². The molecule has 8 rings (SSSR count). The van der Waals surface area contributed by atoms with Crippen LogP contribution in [-0.2, 0) is 0 Å². The largest absolute Gasteiger partial charge is 0.454 e. The molecule has 14 nitrogen and oxygen atoms in total. The highest BCUT2D eigenvalue weighted by atomic mass is 32.1. The number of thiazole rings is 2. The quantitative estimate of drug-likeness (QED) is 0.242. The van der Waals surface area contributed by atoms with E-state index in [0.29, 0.717) is 35.4 Å². The van der Waals surface area contributed by atoms with Gasteiger partial charge < -0.3 is 38.5 Å². The Kier molecular flexibility index (Phi) is 11.4. The Bertz CT molecular complexity index is 1800. The molecule has 2 aromatic carbocycles. The van der Waals surface area contributed by atoms with Crippen LogP contribution < -0.4 is 28.7 Å². The van der Waals surface area contributed by atoms with Gasteiger partial charge in [0.05, 0.1) is 12.4 Å². The molecule has 16 heteroatoms. The van der Waals surface area contributed by atoms with E-state index in [1.807, 2.05) is 12.1 Å². The SMILES string of the molecule is C[C@@H](c1ccc2c(c1)OCO2)N1CCN(c2ncc(C(=O)N(C)C)s2)CC1.C[C@H](c1ccc2c(c1)OCO2)N1CCN(c2ncc(C(=O)N(C)C)s2)CC1. The maximum atomic E-state index is 12.1. The number of benzene rings is 2. The van der Waals surface area contributed by atoms with Crippen LogP contribution in [0.15, 0.2) is 48.8 Å². The average molecular weight is 777 g/mol. The highest BCUT2D eigenvalue weighted by Crippen LogP contribution is 2.37. The molecule has 0 unspecified atom stereocenters. The number of aromatic nitrogens is 2. The summed E-state index contributed by atoms with van der Waals surface area (Å²) in [5, 5.41) is 1.85. The third kappa shape index (κ3) is 8.21. The molecule has 0 saturated carbocycles. The van der Waals surface area contributed by atoms with Crippen LogP contribution in [0.25, 0.3) is 0 Å². The van der Waals surface area contributed by atoms with Crippen molar-refractivity contribution < 1.29 is 28.5 Å². The van der Waals surface area contributed by atoms with Gasteiger partial charge in [-0.15, -0.1) is 0 Å². The van der Waals surface area contributed by atoms with E-state index in [4.69, 9.17) is 18.9 Å². The number of nitrogens with zero attached hydrogens (tertiary/aromatic N) is 8. The summed E-state index contributed by atoms with van der Waals surface area (Å²) in [6, 6.07) is 13.0. The second-order valence-electron chi connectivity index (χ2n) is 14.0. The maximum absolute atomic E-state index is 12.1. The minimum atomic E-state index is 0.00816. The first kappa shape index (κ1) is 37.7. The van der Waals surface area contributed by atoms with E-state index < -0.39 is 0 Å². The molecular weight excluding hydrogens is 729 g/mol. The molecule has 288 valence electrons. The molecule has 4 aromatic rings. The second kappa shape index (κ2) is 16.4. The number of anilines is 2. The van der Waals surface area contributed by atoms with Crippen molar-refractivity contribution >= 4 is 44.8 Å². The lowest BCUT2D eigenvalue weighted by molar-refractivity contribution is 0.0824. The Labute approximate surface area is 324 Å². The highest BCUT2D eigenvalue weighted by molar-refractivity contribution is 7.17. The smallest absolute Gasteiger partial charge is 0.265 e. The van der Waals surface area contributed by atoms with Gasteiger partial charge in [-0.3, -0.25) is 19.4 Å². The van der Waals surface area contributed by atoms with Crippen molar-refractivity contribution in [3.63, 3.8) is 0 Å². The van der Waals surface area contributed by atoms with Gasteiger partial charge in [0.15, 0.2) is 33.3 Å². The Morgan fingerprint density at radius 1 is 0.593 bits per heavy atom. The zero-order valence-electron chi connectivity index (χ0n) is 31.7. The predicted molar refractivity (Wildman–Crippen MR) is 210 cm³/mol. The van der Waals surface area contributed by atoms with Crippen LogP contribution >= 0.6 is 22.7 Å². The lowest BCUT2D eigenvalue weighted by atomic mass is 10.1. The van der Waals surface area contributed by atoms with Crippen molar-refractivity contribution in [2.45, 2.75) is 25.9 Å². The number of fused-ring (bicyclic) bond motifs is 2. The molecule has 4 aliphatic rings. The first-order valence-electron chi connectivity index (χ1n) is 18.2. The van der Waals surface area contributed by atoms with Crippen molar-refractivity contribution in [3.05, 3.63) is 69.7 Å². The number of hydrogen-bond acceptors (Lipinski definition) is 14. The van der Waals surface area contributed by atoms with E-state index >= 15 is 0 Å². The predicted octanol–water partition coefficient (Wildman–Crippen LogP) is 4.91. The van der Waals surface area contributed by atoms with Crippen molar-refractivity contribution in [1.82, 2.24) is 29.6 Å². The summed E-state index contributed by atoms with van der Waals surface area (Å²) in [7, 11) is 7.05. The number of ether oxygens (including phenoxy) is 4. The van der Waals surface area contributed by atoms with Crippen LogP contribution in [-0.4, -0.2) is 136 Å². The van der Waals surface area contributed by atoms with Gasteiger partial charge in [0, 0.05) is 92.6 Å². The molecule has 2 atom stereocenters. The number of hydrogen-bond donors (Lipinski definition) is 0. The summed E-state index contributed by atoms with van der Waals surface area (Å²) in [5.41, 5.74) is 2.47. The monoisotopic (exact) mass is 776 g/mol. The van der Waals surface area contributed by atoms with Crippen LogP contribution in [0.5, 0.6) is 23.0 Å². The standard InChI is InChI=1S/2C19H24N4O3S/c2*1-13(14-4-5-15-16(10-14)26-12-25-15)22-6-8-23(9-7-22)19-20-11-17(27-19)18(24)21(2)3/h2*4-5,10-11,13H,6-9,12H2,1-3H3/t2*13-/m10/s1. The van der Waals surface area contributed by atoms with Crippen molar-refractivity contribution in [3.8, 4) is 23.0 Å². The lowest BCUT2D eigenvalue weighted by Crippen LogP contribution is -2.47. The molecule has 0 radical (unpaired) electrons. The van der Waals surface area contributed by atoms with E-state index in [9.17, 15) is 9.59 Å². The highest BCUT2D eigenvalue weighted by Gasteiger charge is 2.28. The van der Waals surface area contributed by atoms with Gasteiger partial charge in [-0.2, -0.15) is 0 Å². The van der Waals surface area contributed by atoms with Gasteiger partial charge in [0.1, 0.15) is 9.75 Å². The summed E-state index contributed by atoms with van der Waals surface area (Å²) in [5.74, 6) is 3.32. The third-order valence-corrected chi connectivity index (χ3v) is 12.3. The molecule has 6 heterocycles. The minimum absolute atomic E-state index is 0.00816. The van der Waals surface area contributed by atoms with Gasteiger partial charge in [0.25, 0.3) is 11.8 Å². The van der Waals surface area contributed by atoms with Crippen molar-refractivity contribution in [2.24, 2.45) is 0 Å². The second-order valence-corrected chi connectivity index (χ2v) is 16.1. The van der Waals surface area contributed by atoms with E-state index in [1.54, 1.807) is 50.4 Å². The van der Waals surface area contributed by atoms with E-state index in [-0.39, 0.29) is 11.8 Å². The number of carbonyl (C=O) groups is 2. The van der Waals surface area contributed by atoms with E-state index in [1.165, 1.54) is 33.8 Å². The number of rotatable bonds is 8. The molecule has 2 fully saturated rings. The summed E-state index contributed by atoms with van der Waals surface area (Å²) < 4.78 is 21.8. The summed E-state index contributed by atoms with van der Waals surface area (Å²) in [4.78, 5) is 47.1. The van der Waals surface area contributed by atoms with E-state index in [2.05, 4.69) is 67.7 Å². The normalized spacial score (nSPS) is 17.8. The average Bonchev–Trinajstić information content (AvgIpc) is 4.04. The first-order chi connectivity index (χ1) is 26.0. The lowest BCUT2D eigenvalue weighted by Gasteiger charge is -2.38. The third-order valence-electron chi connectivity index (χ3n) is 10.2. The number of carbonyl (C=O) groups excluding carboxylic acids is 2. The fourth-order valence-corrected chi connectivity index (χ4v) is 8.81. The summed E-state index contributed by atoms with van der Waals surface area (Å²) >= 11 is 2.94. The molecule has 54 heavy (non-hydrogen) atoms. The minimum Gasteiger partial charge on any atom is -0.454 e. The fourth-order valence-electron chi connectivity index (χ4n) is 6.83. The molecular formula is C38H48N8O6S2. The zero-order chi connectivity index (χ0) is 37.9. The Hall–Kier alpha value is -4.64. The van der Waals surface area contributed by atoms with Gasteiger partial charge in [-0.05, 0) is 49.2 Å². The Morgan fingerprint density at radius 3 is 1.33 bits per heavy atom. The molecule has 0 aliphatic carbocycles. The molecule has 2 saturated heterocycles. The molecule has 2 amide bonds. The number of amides is 2. The van der Waals surface area contributed by atoms with Gasteiger partial charge in [-0.25, -0.2) is 9.97 Å². The topological polar surface area (TPSA) is 116 Å².